The van der Waals surface area contributed by atoms with Crippen molar-refractivity contribution in [3.05, 3.63) is 35.4 Å². The SMILES string of the molecule is CCC(NC1CCN2CCCCC12)c1ccc(C)cc1. The topological polar surface area (TPSA) is 15.3 Å². The van der Waals surface area contributed by atoms with Gasteiger partial charge in [-0.3, -0.25) is 4.90 Å². The van der Waals surface area contributed by atoms with Crippen LogP contribution in [0, 0.1) is 6.92 Å². The van der Waals surface area contributed by atoms with Crippen LogP contribution in [-0.4, -0.2) is 30.1 Å². The van der Waals surface area contributed by atoms with E-state index in [-0.39, 0.29) is 0 Å². The Balaban J connectivity index is 1.67. The van der Waals surface area contributed by atoms with Gasteiger partial charge in [-0.25, -0.2) is 0 Å². The summed E-state index contributed by atoms with van der Waals surface area (Å²) in [4.78, 5) is 2.71. The fraction of sp³-hybridized carbons (Fsp3) is 0.667. The van der Waals surface area contributed by atoms with E-state index in [2.05, 4.69) is 48.3 Å². The van der Waals surface area contributed by atoms with E-state index < -0.39 is 0 Å². The van der Waals surface area contributed by atoms with Crippen molar-refractivity contribution in [3.63, 3.8) is 0 Å². The van der Waals surface area contributed by atoms with Gasteiger partial charge < -0.3 is 5.32 Å². The molecule has 0 radical (unpaired) electrons. The fourth-order valence-corrected chi connectivity index (χ4v) is 3.95. The van der Waals surface area contributed by atoms with Crippen molar-refractivity contribution in [2.24, 2.45) is 0 Å². The van der Waals surface area contributed by atoms with Crippen molar-refractivity contribution in [2.45, 2.75) is 64.1 Å². The molecule has 0 aliphatic carbocycles. The van der Waals surface area contributed by atoms with Gasteiger partial charge in [-0.15, -0.1) is 0 Å². The molecule has 2 heteroatoms. The smallest absolute Gasteiger partial charge is 0.0320 e. The molecule has 0 aromatic heterocycles. The molecule has 0 spiro atoms. The zero-order valence-corrected chi connectivity index (χ0v) is 12.9. The van der Waals surface area contributed by atoms with E-state index in [1.807, 2.05) is 0 Å². The van der Waals surface area contributed by atoms with Gasteiger partial charge in [-0.05, 0) is 44.7 Å². The minimum absolute atomic E-state index is 0.516. The molecule has 1 N–H and O–H groups in total. The minimum Gasteiger partial charge on any atom is -0.306 e. The molecule has 2 saturated heterocycles. The van der Waals surface area contributed by atoms with E-state index in [0.717, 1.165) is 6.04 Å². The average Bonchev–Trinajstić information content (AvgIpc) is 2.89. The van der Waals surface area contributed by atoms with Gasteiger partial charge in [0.1, 0.15) is 0 Å². The van der Waals surface area contributed by atoms with Crippen molar-refractivity contribution in [2.75, 3.05) is 13.1 Å². The third kappa shape index (κ3) is 2.91. The first-order chi connectivity index (χ1) is 9.78. The van der Waals surface area contributed by atoms with Crippen LogP contribution in [0.3, 0.4) is 0 Å². The number of nitrogens with zero attached hydrogens (tertiary/aromatic N) is 1. The summed E-state index contributed by atoms with van der Waals surface area (Å²) < 4.78 is 0. The first-order valence-electron chi connectivity index (χ1n) is 8.34. The minimum atomic E-state index is 0.516. The van der Waals surface area contributed by atoms with E-state index in [0.29, 0.717) is 12.1 Å². The standard InChI is InChI=1S/C18H28N2/c1-3-16(15-9-7-14(2)8-10-15)19-17-11-13-20-12-5-4-6-18(17)20/h7-10,16-19H,3-6,11-13H2,1-2H3. The van der Waals surface area contributed by atoms with Crippen LogP contribution in [0.15, 0.2) is 24.3 Å². The van der Waals surface area contributed by atoms with Crippen molar-refractivity contribution in [3.8, 4) is 0 Å². The summed E-state index contributed by atoms with van der Waals surface area (Å²) in [6, 6.07) is 11.1. The summed E-state index contributed by atoms with van der Waals surface area (Å²) in [6.07, 6.45) is 6.71. The molecule has 20 heavy (non-hydrogen) atoms. The molecule has 3 unspecified atom stereocenters. The van der Waals surface area contributed by atoms with Gasteiger partial charge in [0.2, 0.25) is 0 Å². The van der Waals surface area contributed by atoms with Crippen molar-refractivity contribution < 1.29 is 0 Å². The van der Waals surface area contributed by atoms with Gasteiger partial charge in [-0.1, -0.05) is 43.2 Å². The molecule has 2 heterocycles. The number of hydrogen-bond acceptors (Lipinski definition) is 2. The van der Waals surface area contributed by atoms with Gasteiger partial charge in [0.05, 0.1) is 0 Å². The lowest BCUT2D eigenvalue weighted by Crippen LogP contribution is -2.45. The maximum Gasteiger partial charge on any atom is 0.0320 e. The molecule has 2 aliphatic heterocycles. The molecule has 0 bridgehead atoms. The van der Waals surface area contributed by atoms with Crippen LogP contribution >= 0.6 is 0 Å². The van der Waals surface area contributed by atoms with E-state index in [1.54, 1.807) is 0 Å². The molecule has 2 aliphatic rings. The third-order valence-electron chi connectivity index (χ3n) is 5.16. The molecule has 2 fully saturated rings. The largest absolute Gasteiger partial charge is 0.306 e. The summed E-state index contributed by atoms with van der Waals surface area (Å²) in [7, 11) is 0. The maximum absolute atomic E-state index is 3.96. The number of nitrogens with one attached hydrogen (secondary N) is 1. The van der Waals surface area contributed by atoms with E-state index >= 15 is 0 Å². The van der Waals surface area contributed by atoms with Crippen LogP contribution in [0.5, 0.6) is 0 Å². The summed E-state index contributed by atoms with van der Waals surface area (Å²) in [5.74, 6) is 0. The predicted molar refractivity (Wildman–Crippen MR) is 85.0 cm³/mol. The monoisotopic (exact) mass is 272 g/mol. The third-order valence-corrected chi connectivity index (χ3v) is 5.16. The second kappa shape index (κ2) is 6.28. The Hall–Kier alpha value is -0.860. The lowest BCUT2D eigenvalue weighted by Gasteiger charge is -2.34. The molecule has 0 saturated carbocycles. The Morgan fingerprint density at radius 2 is 1.95 bits per heavy atom. The summed E-state index contributed by atoms with van der Waals surface area (Å²) in [5, 5.41) is 3.96. The molecule has 0 amide bonds. The van der Waals surface area contributed by atoms with Crippen LogP contribution in [0.1, 0.15) is 56.2 Å². The molecule has 110 valence electrons. The van der Waals surface area contributed by atoms with Gasteiger partial charge in [-0.2, -0.15) is 0 Å². The fourth-order valence-electron chi connectivity index (χ4n) is 3.95. The zero-order chi connectivity index (χ0) is 13.9. The first-order valence-corrected chi connectivity index (χ1v) is 8.34. The Bertz CT molecular complexity index is 426. The molecule has 2 nitrogen and oxygen atoms in total. The Morgan fingerprint density at radius 1 is 1.15 bits per heavy atom. The number of benzene rings is 1. The lowest BCUT2D eigenvalue weighted by molar-refractivity contribution is 0.176. The van der Waals surface area contributed by atoms with Gasteiger partial charge >= 0.3 is 0 Å². The highest BCUT2D eigenvalue weighted by Gasteiger charge is 2.36. The van der Waals surface area contributed by atoms with E-state index in [9.17, 15) is 0 Å². The van der Waals surface area contributed by atoms with Crippen LogP contribution in [0.4, 0.5) is 0 Å². The summed E-state index contributed by atoms with van der Waals surface area (Å²) >= 11 is 0. The summed E-state index contributed by atoms with van der Waals surface area (Å²) in [6.45, 7) is 7.08. The summed E-state index contributed by atoms with van der Waals surface area (Å²) in [5.41, 5.74) is 2.80. The van der Waals surface area contributed by atoms with Crippen LogP contribution in [-0.2, 0) is 0 Å². The van der Waals surface area contributed by atoms with Crippen molar-refractivity contribution in [1.82, 2.24) is 10.2 Å². The van der Waals surface area contributed by atoms with E-state index in [1.165, 1.54) is 56.3 Å². The molecule has 3 atom stereocenters. The van der Waals surface area contributed by atoms with Gasteiger partial charge in [0.25, 0.3) is 0 Å². The zero-order valence-electron chi connectivity index (χ0n) is 12.9. The lowest BCUT2D eigenvalue weighted by atomic mass is 9.96. The van der Waals surface area contributed by atoms with Crippen molar-refractivity contribution >= 4 is 0 Å². The first kappa shape index (κ1) is 14.1. The molecule has 3 rings (SSSR count). The normalized spacial score (nSPS) is 28.3. The highest BCUT2D eigenvalue weighted by molar-refractivity contribution is 5.24. The highest BCUT2D eigenvalue weighted by atomic mass is 15.2. The highest BCUT2D eigenvalue weighted by Crippen LogP contribution is 2.29. The average molecular weight is 272 g/mol. The van der Waals surface area contributed by atoms with Crippen LogP contribution in [0.25, 0.3) is 0 Å². The number of rotatable bonds is 4. The van der Waals surface area contributed by atoms with Gasteiger partial charge in [0.15, 0.2) is 0 Å². The molecule has 1 aromatic rings. The number of fused-ring (bicyclic) bond motifs is 1. The van der Waals surface area contributed by atoms with Crippen LogP contribution in [0.2, 0.25) is 0 Å². The second-order valence-corrected chi connectivity index (χ2v) is 6.53. The maximum atomic E-state index is 3.96. The Kier molecular flexibility index (Phi) is 4.42. The molecular weight excluding hydrogens is 244 g/mol. The quantitative estimate of drug-likeness (QED) is 0.900. The predicted octanol–water partition coefficient (Wildman–Crippen LogP) is 3.66. The second-order valence-electron chi connectivity index (χ2n) is 6.53. The number of aryl methyl sites for hydroxylation is 1. The Morgan fingerprint density at radius 3 is 2.70 bits per heavy atom. The van der Waals surface area contributed by atoms with Crippen molar-refractivity contribution in [1.29, 1.82) is 0 Å². The molecular formula is C18H28N2. The number of piperidine rings is 1. The van der Waals surface area contributed by atoms with E-state index in [4.69, 9.17) is 0 Å². The number of hydrogen-bond donors (Lipinski definition) is 1. The molecule has 1 aromatic carbocycles. The Labute approximate surface area is 123 Å². The van der Waals surface area contributed by atoms with Crippen LogP contribution < -0.4 is 5.32 Å². The van der Waals surface area contributed by atoms with Gasteiger partial charge in [0, 0.05) is 24.7 Å².